The van der Waals surface area contributed by atoms with Gasteiger partial charge in [0.25, 0.3) is 5.91 Å². The number of morpholine rings is 1. The Hall–Kier alpha value is -4.07. The Morgan fingerprint density at radius 1 is 1.16 bits per heavy atom. The second kappa shape index (κ2) is 10.7. The number of nitrogens with zero attached hydrogens (tertiary/aromatic N) is 6. The number of amides is 1. The maximum absolute atomic E-state index is 14.9. The smallest absolute Gasteiger partial charge is 0.277 e. The highest BCUT2D eigenvalue weighted by Gasteiger charge is 2.22. The number of fused-ring (bicyclic) bond motifs is 1. The first-order valence-electron chi connectivity index (χ1n) is 11.8. The van der Waals surface area contributed by atoms with Gasteiger partial charge in [0, 0.05) is 43.0 Å². The molecule has 3 aromatic heterocycles. The third-order valence-electron chi connectivity index (χ3n) is 6.07. The molecule has 1 aliphatic rings. The van der Waals surface area contributed by atoms with Gasteiger partial charge in [0.2, 0.25) is 5.95 Å². The van der Waals surface area contributed by atoms with Gasteiger partial charge >= 0.3 is 0 Å². The van der Waals surface area contributed by atoms with E-state index in [0.29, 0.717) is 55.7 Å². The number of halogens is 1. The monoisotopic (exact) mass is 537 g/mol. The van der Waals surface area contributed by atoms with Gasteiger partial charge in [-0.1, -0.05) is 0 Å². The van der Waals surface area contributed by atoms with Crippen LogP contribution in [0.5, 0.6) is 0 Å². The topological polar surface area (TPSA) is 134 Å². The number of hydrogen-bond acceptors (Lipinski definition) is 11. The summed E-state index contributed by atoms with van der Waals surface area (Å²) in [6.07, 6.45) is 2.65. The summed E-state index contributed by atoms with van der Waals surface area (Å²) in [5.74, 6) is -0.0881. The van der Waals surface area contributed by atoms with Crippen molar-refractivity contribution in [2.45, 2.75) is 13.5 Å². The lowest BCUT2D eigenvalue weighted by molar-refractivity contribution is 0.0705. The van der Waals surface area contributed by atoms with Gasteiger partial charge in [-0.2, -0.15) is 0 Å². The van der Waals surface area contributed by atoms with Crippen molar-refractivity contribution in [1.29, 1.82) is 0 Å². The molecule has 0 saturated carbocycles. The standard InChI is InChI=1S/C25H24FN7O4S/c1-14(34)15-3-4-19(26)18(9-15)22-29-20-10-17(38-21(20)23(30-22)33-5-7-37-8-6-33)13-32(2)25-27-11-16(12-28-25)24(35)31-36/h3-4,9-12,36H,5-8,13H2,1-2H3,(H,31,35). The predicted molar refractivity (Wildman–Crippen MR) is 139 cm³/mol. The normalized spacial score (nSPS) is 13.5. The molecule has 38 heavy (non-hydrogen) atoms. The number of Topliss-reactive ketones (excluding diaryl/α,β-unsaturated/α-hetero) is 1. The van der Waals surface area contributed by atoms with Crippen molar-refractivity contribution in [2.75, 3.05) is 43.2 Å². The van der Waals surface area contributed by atoms with Gasteiger partial charge in [0.1, 0.15) is 5.82 Å². The predicted octanol–water partition coefficient (Wildman–Crippen LogP) is 3.08. The third-order valence-corrected chi connectivity index (χ3v) is 7.17. The molecule has 4 heterocycles. The molecule has 4 aromatic rings. The van der Waals surface area contributed by atoms with E-state index in [1.807, 2.05) is 18.0 Å². The van der Waals surface area contributed by atoms with Crippen LogP contribution in [-0.2, 0) is 11.3 Å². The number of aromatic nitrogens is 4. The number of carbonyl (C=O) groups excluding carboxylic acids is 2. The van der Waals surface area contributed by atoms with Crippen LogP contribution in [0.1, 0.15) is 32.5 Å². The summed E-state index contributed by atoms with van der Waals surface area (Å²) in [5, 5.41) is 8.77. The largest absolute Gasteiger partial charge is 0.378 e. The van der Waals surface area contributed by atoms with Crippen molar-refractivity contribution in [3.63, 3.8) is 0 Å². The van der Waals surface area contributed by atoms with Crippen molar-refractivity contribution in [3.8, 4) is 11.4 Å². The van der Waals surface area contributed by atoms with Crippen LogP contribution in [0.4, 0.5) is 16.2 Å². The molecular weight excluding hydrogens is 513 g/mol. The molecule has 0 unspecified atom stereocenters. The lowest BCUT2D eigenvalue weighted by atomic mass is 10.1. The summed E-state index contributed by atoms with van der Waals surface area (Å²) < 4.78 is 21.2. The lowest BCUT2D eigenvalue weighted by Gasteiger charge is -2.28. The molecule has 0 aliphatic carbocycles. The van der Waals surface area contributed by atoms with Crippen LogP contribution in [0.15, 0.2) is 36.7 Å². The maximum atomic E-state index is 14.9. The van der Waals surface area contributed by atoms with Gasteiger partial charge in [-0.15, -0.1) is 11.3 Å². The first-order chi connectivity index (χ1) is 18.3. The fraction of sp³-hybridized carbons (Fsp3) is 0.280. The van der Waals surface area contributed by atoms with E-state index in [4.69, 9.17) is 14.9 Å². The fourth-order valence-electron chi connectivity index (χ4n) is 4.07. The van der Waals surface area contributed by atoms with Crippen LogP contribution in [0, 0.1) is 5.82 Å². The van der Waals surface area contributed by atoms with E-state index in [0.717, 1.165) is 9.58 Å². The number of rotatable bonds is 7. The minimum Gasteiger partial charge on any atom is -0.378 e. The number of benzene rings is 1. The second-order valence-electron chi connectivity index (χ2n) is 8.72. The van der Waals surface area contributed by atoms with Crippen LogP contribution >= 0.6 is 11.3 Å². The van der Waals surface area contributed by atoms with Gasteiger partial charge in [-0.25, -0.2) is 29.8 Å². The molecule has 0 radical (unpaired) electrons. The quantitative estimate of drug-likeness (QED) is 0.206. The van der Waals surface area contributed by atoms with Gasteiger partial charge < -0.3 is 14.5 Å². The van der Waals surface area contributed by atoms with Crippen molar-refractivity contribution in [3.05, 3.63) is 58.5 Å². The highest BCUT2D eigenvalue weighted by Crippen LogP contribution is 2.35. The molecule has 0 spiro atoms. The zero-order chi connectivity index (χ0) is 26.8. The lowest BCUT2D eigenvalue weighted by Crippen LogP contribution is -2.36. The molecule has 1 fully saturated rings. The van der Waals surface area contributed by atoms with Gasteiger partial charge in [0.05, 0.1) is 41.1 Å². The Balaban J connectivity index is 1.52. The van der Waals surface area contributed by atoms with Crippen LogP contribution in [0.2, 0.25) is 0 Å². The molecule has 13 heteroatoms. The molecule has 1 aliphatic heterocycles. The summed E-state index contributed by atoms with van der Waals surface area (Å²) in [5.41, 5.74) is 2.89. The number of anilines is 2. The molecule has 1 saturated heterocycles. The molecule has 196 valence electrons. The molecule has 11 nitrogen and oxygen atoms in total. The number of hydroxylamine groups is 1. The van der Waals surface area contributed by atoms with E-state index in [9.17, 15) is 14.0 Å². The molecule has 2 N–H and O–H groups in total. The van der Waals surface area contributed by atoms with E-state index in [1.165, 1.54) is 48.9 Å². The van der Waals surface area contributed by atoms with Crippen LogP contribution in [-0.4, -0.2) is 70.2 Å². The molecule has 1 amide bonds. The summed E-state index contributed by atoms with van der Waals surface area (Å²) >= 11 is 1.52. The Labute approximate surface area is 220 Å². The van der Waals surface area contributed by atoms with E-state index in [-0.39, 0.29) is 22.7 Å². The van der Waals surface area contributed by atoms with Crippen LogP contribution in [0.3, 0.4) is 0 Å². The highest BCUT2D eigenvalue weighted by molar-refractivity contribution is 7.19. The zero-order valence-corrected chi connectivity index (χ0v) is 21.5. The minimum absolute atomic E-state index is 0.130. The number of nitrogens with one attached hydrogen (secondary N) is 1. The molecule has 0 bridgehead atoms. The van der Waals surface area contributed by atoms with Gasteiger partial charge in [-0.3, -0.25) is 14.8 Å². The summed E-state index contributed by atoms with van der Waals surface area (Å²) in [7, 11) is 1.81. The Bertz CT molecular complexity index is 1510. The Morgan fingerprint density at radius 2 is 1.89 bits per heavy atom. The van der Waals surface area contributed by atoms with Crippen molar-refractivity contribution >= 4 is 45.0 Å². The van der Waals surface area contributed by atoms with Crippen LogP contribution in [0.25, 0.3) is 21.6 Å². The molecular formula is C25H24FN7O4S. The fourth-order valence-corrected chi connectivity index (χ4v) is 5.24. The zero-order valence-electron chi connectivity index (χ0n) is 20.6. The first-order valence-corrected chi connectivity index (χ1v) is 12.6. The van der Waals surface area contributed by atoms with E-state index >= 15 is 0 Å². The van der Waals surface area contributed by atoms with Crippen molar-refractivity contribution in [1.82, 2.24) is 25.4 Å². The molecule has 0 atom stereocenters. The van der Waals surface area contributed by atoms with Crippen LogP contribution < -0.4 is 15.3 Å². The average Bonchev–Trinajstić information content (AvgIpc) is 3.35. The SMILES string of the molecule is CC(=O)c1ccc(F)c(-c2nc(N3CCOCC3)c3sc(CN(C)c4ncc(C(=O)NO)cn4)cc3n2)c1. The van der Waals surface area contributed by atoms with E-state index in [2.05, 4.69) is 19.9 Å². The van der Waals surface area contributed by atoms with Crippen molar-refractivity contribution in [2.24, 2.45) is 0 Å². The summed E-state index contributed by atoms with van der Waals surface area (Å²) in [4.78, 5) is 46.2. The minimum atomic E-state index is -0.695. The van der Waals surface area contributed by atoms with Gasteiger partial charge in [-0.05, 0) is 31.2 Å². The third kappa shape index (κ3) is 5.16. The number of ketones is 1. The summed E-state index contributed by atoms with van der Waals surface area (Å²) in [6, 6.07) is 6.12. The van der Waals surface area contributed by atoms with Gasteiger partial charge in [0.15, 0.2) is 17.4 Å². The Morgan fingerprint density at radius 3 is 2.58 bits per heavy atom. The molecule has 1 aromatic carbocycles. The van der Waals surface area contributed by atoms with E-state index in [1.54, 1.807) is 5.48 Å². The second-order valence-corrected chi connectivity index (χ2v) is 9.85. The maximum Gasteiger partial charge on any atom is 0.277 e. The highest BCUT2D eigenvalue weighted by atomic mass is 32.1. The first kappa shape index (κ1) is 25.6. The summed E-state index contributed by atoms with van der Waals surface area (Å²) in [6.45, 7) is 4.25. The average molecular weight is 538 g/mol. The number of ether oxygens (including phenoxy) is 1. The number of thiophene rings is 1. The Kier molecular flexibility index (Phi) is 7.22. The molecule has 5 rings (SSSR count). The number of hydrogen-bond donors (Lipinski definition) is 2. The van der Waals surface area contributed by atoms with E-state index < -0.39 is 11.7 Å². The van der Waals surface area contributed by atoms with Crippen molar-refractivity contribution < 1.29 is 23.9 Å². The number of carbonyl (C=O) groups is 2.